The van der Waals surface area contributed by atoms with Crippen LogP contribution in [0.5, 0.6) is 0 Å². The molecule has 1 aliphatic heterocycles. The van der Waals surface area contributed by atoms with Gasteiger partial charge in [0.05, 0.1) is 29.9 Å². The Morgan fingerprint density at radius 2 is 2.08 bits per heavy atom. The number of carbonyl (C=O) groups excluding carboxylic acids is 1. The number of nitrogens with two attached hydrogens (primary N) is 2. The summed E-state index contributed by atoms with van der Waals surface area (Å²) in [5, 5.41) is 12.0. The number of hydrogen-bond acceptors (Lipinski definition) is 5. The topological polar surface area (TPSA) is 108 Å². The third kappa shape index (κ3) is 2.50. The summed E-state index contributed by atoms with van der Waals surface area (Å²) in [7, 11) is 1.90. The first kappa shape index (κ1) is 15.8. The first-order chi connectivity index (χ1) is 12.0. The number of carbonyl (C=O) groups is 1. The minimum atomic E-state index is -0.481. The van der Waals surface area contributed by atoms with Crippen molar-refractivity contribution in [1.82, 2.24) is 24.6 Å². The van der Waals surface area contributed by atoms with Crippen LogP contribution in [0.15, 0.2) is 18.3 Å². The van der Waals surface area contributed by atoms with Crippen molar-refractivity contribution < 1.29 is 4.79 Å². The van der Waals surface area contributed by atoms with E-state index in [1.807, 2.05) is 24.0 Å². The van der Waals surface area contributed by atoms with Gasteiger partial charge in [0.25, 0.3) is 5.91 Å². The van der Waals surface area contributed by atoms with Crippen molar-refractivity contribution in [3.8, 4) is 11.3 Å². The number of benzene rings is 1. The molecule has 0 unspecified atom stereocenters. The molecule has 8 heteroatoms. The second-order valence-electron chi connectivity index (χ2n) is 6.45. The average molecular weight is 339 g/mol. The molecule has 0 saturated carbocycles. The molecule has 130 valence electrons. The van der Waals surface area contributed by atoms with Crippen LogP contribution in [0.3, 0.4) is 0 Å². The number of rotatable bonds is 3. The molecule has 0 aliphatic carbocycles. The molecule has 1 aromatic carbocycles. The Hall–Kier alpha value is -2.71. The fourth-order valence-corrected chi connectivity index (χ4v) is 3.54. The normalized spacial score (nSPS) is 14.8. The number of primary amides is 1. The minimum absolute atomic E-state index is 0.451. The summed E-state index contributed by atoms with van der Waals surface area (Å²) < 4.78 is 3.64. The van der Waals surface area contributed by atoms with Gasteiger partial charge in [0.1, 0.15) is 5.69 Å². The van der Waals surface area contributed by atoms with E-state index >= 15 is 0 Å². The summed E-state index contributed by atoms with van der Waals surface area (Å²) in [5.74, 6) is 5.44. The molecule has 4 rings (SSSR count). The lowest BCUT2D eigenvalue weighted by Crippen LogP contribution is -2.39. The van der Waals surface area contributed by atoms with Crippen molar-refractivity contribution in [3.63, 3.8) is 0 Å². The molecule has 8 nitrogen and oxygen atoms in total. The Morgan fingerprint density at radius 1 is 1.28 bits per heavy atom. The summed E-state index contributed by atoms with van der Waals surface area (Å²) in [4.78, 5) is 12.1. The quantitative estimate of drug-likeness (QED) is 0.686. The van der Waals surface area contributed by atoms with Gasteiger partial charge >= 0.3 is 0 Å². The molecule has 3 aromatic rings. The van der Waals surface area contributed by atoms with Gasteiger partial charge in [0, 0.05) is 30.7 Å². The van der Waals surface area contributed by atoms with Crippen molar-refractivity contribution >= 4 is 16.8 Å². The summed E-state index contributed by atoms with van der Waals surface area (Å²) >= 11 is 0. The first-order valence-electron chi connectivity index (χ1n) is 8.33. The summed E-state index contributed by atoms with van der Waals surface area (Å²) in [6.07, 6.45) is 2.88. The standard InChI is InChI=1S/C17H21N7O/c1-3-10-6-11(7-13-12(10)8-22(2)20-13)16-15(17(18)25)14-9-23(19)4-5-24(14)21-16/h6-8H,3-5,9,19H2,1-2H3,(H2,18,25). The van der Waals surface area contributed by atoms with Crippen molar-refractivity contribution in [1.29, 1.82) is 0 Å². The van der Waals surface area contributed by atoms with Crippen molar-refractivity contribution in [2.24, 2.45) is 18.6 Å². The van der Waals surface area contributed by atoms with Gasteiger partial charge in [-0.05, 0) is 24.1 Å². The maximum atomic E-state index is 12.1. The van der Waals surface area contributed by atoms with E-state index in [0.29, 0.717) is 30.9 Å². The lowest BCUT2D eigenvalue weighted by Gasteiger charge is -2.23. The van der Waals surface area contributed by atoms with Crippen LogP contribution in [0.4, 0.5) is 0 Å². The molecule has 25 heavy (non-hydrogen) atoms. The number of amides is 1. The van der Waals surface area contributed by atoms with E-state index in [2.05, 4.69) is 23.2 Å². The van der Waals surface area contributed by atoms with E-state index in [-0.39, 0.29) is 0 Å². The lowest BCUT2D eigenvalue weighted by molar-refractivity contribution is 0.0997. The monoisotopic (exact) mass is 339 g/mol. The predicted octanol–water partition coefficient (Wildman–Crippen LogP) is 0.787. The maximum absolute atomic E-state index is 12.1. The van der Waals surface area contributed by atoms with Crippen LogP contribution in [0.25, 0.3) is 22.2 Å². The molecule has 0 fully saturated rings. The molecular weight excluding hydrogens is 318 g/mol. The number of aromatic nitrogens is 4. The lowest BCUT2D eigenvalue weighted by atomic mass is 9.99. The fraction of sp³-hybridized carbons (Fsp3) is 0.353. The molecule has 0 bridgehead atoms. The Bertz CT molecular complexity index is 985. The van der Waals surface area contributed by atoms with Gasteiger partial charge in [-0.15, -0.1) is 0 Å². The zero-order valence-corrected chi connectivity index (χ0v) is 14.4. The second-order valence-corrected chi connectivity index (χ2v) is 6.45. The molecule has 1 aliphatic rings. The van der Waals surface area contributed by atoms with E-state index in [1.165, 1.54) is 5.56 Å². The second kappa shape index (κ2) is 5.68. The van der Waals surface area contributed by atoms with E-state index in [4.69, 9.17) is 11.6 Å². The molecule has 4 N–H and O–H groups in total. The van der Waals surface area contributed by atoms with Crippen LogP contribution < -0.4 is 11.6 Å². The van der Waals surface area contributed by atoms with Gasteiger partial charge in [0.2, 0.25) is 0 Å². The number of fused-ring (bicyclic) bond motifs is 2. The number of hydrogen-bond donors (Lipinski definition) is 2. The summed E-state index contributed by atoms with van der Waals surface area (Å²) in [6.45, 7) is 3.88. The van der Waals surface area contributed by atoms with Gasteiger partial charge in [-0.25, -0.2) is 5.01 Å². The van der Waals surface area contributed by atoms with Crippen LogP contribution >= 0.6 is 0 Å². The van der Waals surface area contributed by atoms with Crippen molar-refractivity contribution in [3.05, 3.63) is 35.2 Å². The number of nitrogens with zero attached hydrogens (tertiary/aromatic N) is 5. The molecule has 0 radical (unpaired) electrons. The molecule has 0 saturated heterocycles. The highest BCUT2D eigenvalue weighted by Gasteiger charge is 2.27. The van der Waals surface area contributed by atoms with Gasteiger partial charge in [-0.1, -0.05) is 6.92 Å². The SMILES string of the molecule is CCc1cc(-c2nn3c(c2C(N)=O)CN(N)CC3)cc2nn(C)cc12. The molecule has 0 spiro atoms. The van der Waals surface area contributed by atoms with E-state index < -0.39 is 5.91 Å². The van der Waals surface area contributed by atoms with Gasteiger partial charge < -0.3 is 5.73 Å². The molecule has 1 amide bonds. The van der Waals surface area contributed by atoms with Gasteiger partial charge in [-0.2, -0.15) is 10.2 Å². The van der Waals surface area contributed by atoms with Crippen LogP contribution in [0.2, 0.25) is 0 Å². The first-order valence-corrected chi connectivity index (χ1v) is 8.33. The molecule has 3 heterocycles. The summed E-state index contributed by atoms with van der Waals surface area (Å²) in [5.41, 5.74) is 10.4. The smallest absolute Gasteiger partial charge is 0.252 e. The zero-order valence-electron chi connectivity index (χ0n) is 14.4. The van der Waals surface area contributed by atoms with Gasteiger partial charge in [0.15, 0.2) is 0 Å². The average Bonchev–Trinajstić information content (AvgIpc) is 3.12. The molecule has 2 aromatic heterocycles. The van der Waals surface area contributed by atoms with Crippen molar-refractivity contribution in [2.45, 2.75) is 26.4 Å². The van der Waals surface area contributed by atoms with Crippen LogP contribution in [0, 0.1) is 0 Å². The molecule has 0 atom stereocenters. The van der Waals surface area contributed by atoms with Gasteiger partial charge in [-0.3, -0.25) is 20.0 Å². The highest BCUT2D eigenvalue weighted by Crippen LogP contribution is 2.31. The Kier molecular flexibility index (Phi) is 3.59. The molecular formula is C17H21N7O. The van der Waals surface area contributed by atoms with Crippen molar-refractivity contribution in [2.75, 3.05) is 6.54 Å². The minimum Gasteiger partial charge on any atom is -0.365 e. The highest BCUT2D eigenvalue weighted by molar-refractivity contribution is 6.01. The number of aryl methyl sites for hydroxylation is 2. The van der Waals surface area contributed by atoms with E-state index in [0.717, 1.165) is 28.6 Å². The largest absolute Gasteiger partial charge is 0.365 e. The predicted molar refractivity (Wildman–Crippen MR) is 94.4 cm³/mol. The third-order valence-electron chi connectivity index (χ3n) is 4.74. The zero-order chi connectivity index (χ0) is 17.7. The Morgan fingerprint density at radius 3 is 2.80 bits per heavy atom. The Balaban J connectivity index is 1.95. The van der Waals surface area contributed by atoms with Crippen LogP contribution in [0.1, 0.15) is 28.5 Å². The number of hydrazine groups is 1. The Labute approximate surface area is 145 Å². The van der Waals surface area contributed by atoms with E-state index in [1.54, 1.807) is 9.69 Å². The fourth-order valence-electron chi connectivity index (χ4n) is 3.54. The highest BCUT2D eigenvalue weighted by atomic mass is 16.1. The summed E-state index contributed by atoms with van der Waals surface area (Å²) in [6, 6.07) is 4.04. The maximum Gasteiger partial charge on any atom is 0.252 e. The van der Waals surface area contributed by atoms with Crippen LogP contribution in [-0.4, -0.2) is 37.0 Å². The van der Waals surface area contributed by atoms with Crippen LogP contribution in [-0.2, 0) is 26.6 Å². The van der Waals surface area contributed by atoms with E-state index in [9.17, 15) is 4.79 Å². The third-order valence-corrected chi connectivity index (χ3v) is 4.74.